The first-order chi connectivity index (χ1) is 7.22. The van der Waals surface area contributed by atoms with E-state index in [2.05, 4.69) is 5.32 Å². The Kier molecular flexibility index (Phi) is 4.33. The molecular formula is C12H16ClNO2. The van der Waals surface area contributed by atoms with E-state index in [1.165, 1.54) is 0 Å². The second-order valence-corrected chi connectivity index (χ2v) is 4.05. The minimum atomic E-state index is -0.276. The van der Waals surface area contributed by atoms with Crippen LogP contribution in [-0.4, -0.2) is 18.6 Å². The molecule has 0 radical (unpaired) electrons. The number of ether oxygens (including phenoxy) is 1. The fourth-order valence-corrected chi connectivity index (χ4v) is 1.87. The normalized spacial score (nSPS) is 23.6. The number of benzene rings is 1. The zero-order valence-corrected chi connectivity index (χ0v) is 10.0. The quantitative estimate of drug-likeness (QED) is 0.826. The standard InChI is InChI=1S/C12H15NO2.ClH/c1-12(6-3-7-13-12)15-11-5-2-4-10(8-11)9-14;/h2,4-5,8-9,13H,3,6-7H2,1H3;1H/t12-;/m1./s1. The molecule has 1 aromatic rings. The third-order valence-corrected chi connectivity index (χ3v) is 2.67. The zero-order chi connectivity index (χ0) is 10.7. The van der Waals surface area contributed by atoms with Gasteiger partial charge in [-0.15, -0.1) is 12.4 Å². The highest BCUT2D eigenvalue weighted by molar-refractivity contribution is 5.85. The predicted molar refractivity (Wildman–Crippen MR) is 65.3 cm³/mol. The zero-order valence-electron chi connectivity index (χ0n) is 9.23. The first-order valence-electron chi connectivity index (χ1n) is 5.21. The highest BCUT2D eigenvalue weighted by atomic mass is 35.5. The van der Waals surface area contributed by atoms with Gasteiger partial charge in [-0.2, -0.15) is 0 Å². The lowest BCUT2D eigenvalue weighted by Crippen LogP contribution is -2.42. The molecule has 1 saturated heterocycles. The van der Waals surface area contributed by atoms with Crippen molar-refractivity contribution >= 4 is 18.7 Å². The molecule has 0 spiro atoms. The topological polar surface area (TPSA) is 38.3 Å². The average Bonchev–Trinajstić information content (AvgIpc) is 2.65. The third kappa shape index (κ3) is 2.97. The molecule has 1 aliphatic heterocycles. The highest BCUT2D eigenvalue weighted by Crippen LogP contribution is 2.24. The monoisotopic (exact) mass is 241 g/mol. The van der Waals surface area contributed by atoms with Crippen molar-refractivity contribution in [2.75, 3.05) is 6.54 Å². The van der Waals surface area contributed by atoms with E-state index in [0.717, 1.165) is 31.4 Å². The summed E-state index contributed by atoms with van der Waals surface area (Å²) in [6.07, 6.45) is 2.96. The summed E-state index contributed by atoms with van der Waals surface area (Å²) in [5.41, 5.74) is 0.371. The summed E-state index contributed by atoms with van der Waals surface area (Å²) in [5.74, 6) is 0.747. The largest absolute Gasteiger partial charge is 0.473 e. The number of carbonyl (C=O) groups is 1. The number of nitrogens with one attached hydrogen (secondary N) is 1. The van der Waals surface area contributed by atoms with Crippen LogP contribution in [0.3, 0.4) is 0 Å². The lowest BCUT2D eigenvalue weighted by atomic mass is 10.2. The molecule has 1 aliphatic rings. The van der Waals surface area contributed by atoms with Gasteiger partial charge in [0.2, 0.25) is 0 Å². The van der Waals surface area contributed by atoms with Crippen molar-refractivity contribution in [1.29, 1.82) is 0 Å². The number of halogens is 1. The molecule has 1 aromatic carbocycles. The van der Waals surface area contributed by atoms with E-state index in [4.69, 9.17) is 4.74 Å². The SMILES string of the molecule is C[C@@]1(Oc2cccc(C=O)c2)CCCN1.Cl. The Morgan fingerprint density at radius 2 is 2.31 bits per heavy atom. The summed E-state index contributed by atoms with van der Waals surface area (Å²) in [6.45, 7) is 3.03. The molecule has 1 atom stereocenters. The average molecular weight is 242 g/mol. The smallest absolute Gasteiger partial charge is 0.158 e. The van der Waals surface area contributed by atoms with Crippen LogP contribution in [0.2, 0.25) is 0 Å². The maximum absolute atomic E-state index is 10.6. The second kappa shape index (κ2) is 5.32. The molecule has 2 rings (SSSR count). The van der Waals surface area contributed by atoms with Crippen LogP contribution in [-0.2, 0) is 0 Å². The molecule has 0 saturated carbocycles. The Labute approximate surface area is 102 Å². The van der Waals surface area contributed by atoms with Crippen LogP contribution in [0.5, 0.6) is 5.75 Å². The van der Waals surface area contributed by atoms with Gasteiger partial charge in [-0.3, -0.25) is 10.1 Å². The molecule has 1 heterocycles. The Bertz CT molecular complexity index is 362. The molecule has 4 heteroatoms. The number of rotatable bonds is 3. The molecule has 0 amide bonds. The summed E-state index contributed by atoms with van der Waals surface area (Å²) in [6, 6.07) is 7.23. The first kappa shape index (κ1) is 13.0. The van der Waals surface area contributed by atoms with Crippen molar-refractivity contribution in [3.63, 3.8) is 0 Å². The van der Waals surface area contributed by atoms with Gasteiger partial charge in [0.25, 0.3) is 0 Å². The van der Waals surface area contributed by atoms with E-state index in [0.29, 0.717) is 5.56 Å². The number of aldehydes is 1. The molecule has 16 heavy (non-hydrogen) atoms. The Morgan fingerprint density at radius 3 is 2.94 bits per heavy atom. The van der Waals surface area contributed by atoms with Gasteiger partial charge in [-0.1, -0.05) is 12.1 Å². The minimum absolute atomic E-state index is 0. The van der Waals surface area contributed by atoms with Gasteiger partial charge in [0.05, 0.1) is 0 Å². The van der Waals surface area contributed by atoms with Crippen LogP contribution in [0.4, 0.5) is 0 Å². The molecule has 0 unspecified atom stereocenters. The molecule has 0 aliphatic carbocycles. The molecular weight excluding hydrogens is 226 g/mol. The Balaban J connectivity index is 0.00000128. The van der Waals surface area contributed by atoms with E-state index < -0.39 is 0 Å². The summed E-state index contributed by atoms with van der Waals surface area (Å²) in [5, 5.41) is 3.31. The van der Waals surface area contributed by atoms with E-state index in [9.17, 15) is 4.79 Å². The summed E-state index contributed by atoms with van der Waals surface area (Å²) < 4.78 is 5.84. The lowest BCUT2D eigenvalue weighted by Gasteiger charge is -2.26. The molecule has 88 valence electrons. The van der Waals surface area contributed by atoms with Gasteiger partial charge >= 0.3 is 0 Å². The van der Waals surface area contributed by atoms with E-state index in [1.807, 2.05) is 19.1 Å². The van der Waals surface area contributed by atoms with Crippen LogP contribution in [0.1, 0.15) is 30.1 Å². The Morgan fingerprint density at radius 1 is 1.50 bits per heavy atom. The van der Waals surface area contributed by atoms with Crippen molar-refractivity contribution in [2.45, 2.75) is 25.5 Å². The van der Waals surface area contributed by atoms with E-state index >= 15 is 0 Å². The van der Waals surface area contributed by atoms with Gasteiger partial charge < -0.3 is 4.74 Å². The predicted octanol–water partition coefficient (Wildman–Crippen LogP) is 2.40. The molecule has 3 nitrogen and oxygen atoms in total. The highest BCUT2D eigenvalue weighted by Gasteiger charge is 2.29. The molecule has 0 aromatic heterocycles. The van der Waals surface area contributed by atoms with Crippen LogP contribution in [0.25, 0.3) is 0 Å². The third-order valence-electron chi connectivity index (χ3n) is 2.67. The first-order valence-corrected chi connectivity index (χ1v) is 5.21. The fraction of sp³-hybridized carbons (Fsp3) is 0.417. The van der Waals surface area contributed by atoms with Crippen LogP contribution < -0.4 is 10.1 Å². The van der Waals surface area contributed by atoms with Gasteiger partial charge in [-0.25, -0.2) is 0 Å². The van der Waals surface area contributed by atoms with E-state index in [1.54, 1.807) is 12.1 Å². The van der Waals surface area contributed by atoms with Crippen molar-refractivity contribution in [2.24, 2.45) is 0 Å². The van der Waals surface area contributed by atoms with Crippen molar-refractivity contribution in [1.82, 2.24) is 5.32 Å². The summed E-state index contributed by atoms with van der Waals surface area (Å²) in [4.78, 5) is 10.6. The Hall–Kier alpha value is -1.06. The van der Waals surface area contributed by atoms with Crippen LogP contribution in [0.15, 0.2) is 24.3 Å². The number of hydrogen-bond acceptors (Lipinski definition) is 3. The summed E-state index contributed by atoms with van der Waals surface area (Å²) >= 11 is 0. The van der Waals surface area contributed by atoms with Crippen molar-refractivity contribution in [3.8, 4) is 5.75 Å². The molecule has 1 fully saturated rings. The lowest BCUT2D eigenvalue weighted by molar-refractivity contribution is 0.0731. The number of carbonyl (C=O) groups excluding carboxylic acids is 1. The molecule has 0 bridgehead atoms. The van der Waals surface area contributed by atoms with Crippen molar-refractivity contribution < 1.29 is 9.53 Å². The van der Waals surface area contributed by atoms with Crippen LogP contribution >= 0.6 is 12.4 Å². The number of hydrogen-bond donors (Lipinski definition) is 1. The minimum Gasteiger partial charge on any atom is -0.473 e. The van der Waals surface area contributed by atoms with Crippen molar-refractivity contribution in [3.05, 3.63) is 29.8 Å². The maximum Gasteiger partial charge on any atom is 0.158 e. The fourth-order valence-electron chi connectivity index (χ4n) is 1.87. The van der Waals surface area contributed by atoms with Gasteiger partial charge in [0.1, 0.15) is 12.0 Å². The van der Waals surface area contributed by atoms with Gasteiger partial charge in [-0.05, 0) is 32.0 Å². The van der Waals surface area contributed by atoms with Crippen LogP contribution in [0, 0.1) is 0 Å². The summed E-state index contributed by atoms with van der Waals surface area (Å²) in [7, 11) is 0. The van der Waals surface area contributed by atoms with Gasteiger partial charge in [0.15, 0.2) is 5.72 Å². The van der Waals surface area contributed by atoms with Gasteiger partial charge in [0, 0.05) is 12.0 Å². The molecule has 1 N–H and O–H groups in total. The maximum atomic E-state index is 10.6. The second-order valence-electron chi connectivity index (χ2n) is 4.05. The van der Waals surface area contributed by atoms with E-state index in [-0.39, 0.29) is 18.1 Å².